The molecule has 0 spiro atoms. The molecule has 0 heterocycles. The van der Waals surface area contributed by atoms with Crippen LogP contribution in [0.5, 0.6) is 0 Å². The summed E-state index contributed by atoms with van der Waals surface area (Å²) in [6, 6.07) is 10.9. The lowest BCUT2D eigenvalue weighted by molar-refractivity contribution is -0.114. The van der Waals surface area contributed by atoms with Gasteiger partial charge in [-0.05, 0) is 36.4 Å². The minimum absolute atomic E-state index is 0.0142. The van der Waals surface area contributed by atoms with Crippen molar-refractivity contribution >= 4 is 44.8 Å². The summed E-state index contributed by atoms with van der Waals surface area (Å²) in [6.45, 7) is 5.11. The summed E-state index contributed by atoms with van der Waals surface area (Å²) in [5, 5.41) is 3.38. The van der Waals surface area contributed by atoms with Crippen LogP contribution in [-0.4, -0.2) is 25.2 Å². The molecule has 0 aliphatic carbocycles. The quantitative estimate of drug-likeness (QED) is 0.688. The largest absolute Gasteiger partial charge is 0.326 e. The van der Waals surface area contributed by atoms with Crippen LogP contribution in [-0.2, 0) is 21.4 Å². The molecule has 5 nitrogen and oxygen atoms in total. The molecule has 0 unspecified atom stereocenters. The standard InChI is InChI=1S/C18H18Cl2N2O3S/c1-3-11-22(12-16-17(19)5-4-6-18(16)20)26(24,25)15-9-7-14(8-10-15)21-13(2)23/h3-10H,1,11-12H2,2H3,(H,21,23). The number of hydrogen-bond donors (Lipinski definition) is 1. The Morgan fingerprint density at radius 2 is 1.73 bits per heavy atom. The van der Waals surface area contributed by atoms with Crippen LogP contribution in [0.15, 0.2) is 60.0 Å². The molecule has 0 aliphatic rings. The molecular formula is C18H18Cl2N2O3S. The Morgan fingerprint density at radius 1 is 1.15 bits per heavy atom. The van der Waals surface area contributed by atoms with Crippen LogP contribution in [0, 0.1) is 0 Å². The Labute approximate surface area is 163 Å². The van der Waals surface area contributed by atoms with E-state index in [0.717, 1.165) is 0 Å². The van der Waals surface area contributed by atoms with Gasteiger partial charge in [-0.2, -0.15) is 4.31 Å². The van der Waals surface area contributed by atoms with Gasteiger partial charge < -0.3 is 5.32 Å². The van der Waals surface area contributed by atoms with Gasteiger partial charge in [-0.3, -0.25) is 4.79 Å². The fraction of sp³-hybridized carbons (Fsp3) is 0.167. The third-order valence-corrected chi connectivity index (χ3v) is 6.08. The van der Waals surface area contributed by atoms with Gasteiger partial charge in [0.1, 0.15) is 0 Å². The van der Waals surface area contributed by atoms with Crippen LogP contribution >= 0.6 is 23.2 Å². The predicted octanol–water partition coefficient (Wildman–Crippen LogP) is 4.33. The van der Waals surface area contributed by atoms with Crippen LogP contribution < -0.4 is 5.32 Å². The van der Waals surface area contributed by atoms with E-state index in [1.807, 2.05) is 0 Å². The van der Waals surface area contributed by atoms with Crippen molar-refractivity contribution in [1.82, 2.24) is 4.31 Å². The van der Waals surface area contributed by atoms with Gasteiger partial charge in [-0.15, -0.1) is 6.58 Å². The number of carbonyl (C=O) groups is 1. The first-order valence-electron chi connectivity index (χ1n) is 7.67. The predicted molar refractivity (Wildman–Crippen MR) is 105 cm³/mol. The second-order valence-electron chi connectivity index (χ2n) is 5.49. The molecule has 0 saturated heterocycles. The van der Waals surface area contributed by atoms with Crippen LogP contribution in [0.25, 0.3) is 0 Å². The number of nitrogens with one attached hydrogen (secondary N) is 1. The van der Waals surface area contributed by atoms with Crippen LogP contribution in [0.4, 0.5) is 5.69 Å². The Hall–Kier alpha value is -1.86. The average Bonchev–Trinajstić information content (AvgIpc) is 2.57. The minimum atomic E-state index is -3.81. The average molecular weight is 413 g/mol. The minimum Gasteiger partial charge on any atom is -0.326 e. The molecule has 0 atom stereocenters. The van der Waals surface area contributed by atoms with Gasteiger partial charge in [0.25, 0.3) is 0 Å². The molecule has 0 saturated carbocycles. The van der Waals surface area contributed by atoms with Crippen molar-refractivity contribution in [2.75, 3.05) is 11.9 Å². The van der Waals surface area contributed by atoms with Crippen molar-refractivity contribution in [3.63, 3.8) is 0 Å². The number of sulfonamides is 1. The highest BCUT2D eigenvalue weighted by atomic mass is 35.5. The van der Waals surface area contributed by atoms with E-state index in [4.69, 9.17) is 23.2 Å². The molecule has 0 bridgehead atoms. The van der Waals surface area contributed by atoms with Crippen LogP contribution in [0.2, 0.25) is 10.0 Å². The van der Waals surface area contributed by atoms with E-state index in [1.165, 1.54) is 41.6 Å². The summed E-state index contributed by atoms with van der Waals surface area (Å²) in [4.78, 5) is 11.2. The Balaban J connectivity index is 2.35. The highest BCUT2D eigenvalue weighted by molar-refractivity contribution is 7.89. The number of halogens is 2. The molecule has 2 aromatic carbocycles. The molecule has 2 aromatic rings. The van der Waals surface area contributed by atoms with Gasteiger partial charge in [0.2, 0.25) is 15.9 Å². The van der Waals surface area contributed by atoms with Gasteiger partial charge in [0.15, 0.2) is 0 Å². The van der Waals surface area contributed by atoms with E-state index in [1.54, 1.807) is 18.2 Å². The van der Waals surface area contributed by atoms with Crippen LogP contribution in [0.3, 0.4) is 0 Å². The molecule has 0 aromatic heterocycles. The van der Waals surface area contributed by atoms with E-state index < -0.39 is 10.0 Å². The van der Waals surface area contributed by atoms with Crippen molar-refractivity contribution in [3.05, 3.63) is 70.7 Å². The van der Waals surface area contributed by atoms with E-state index in [9.17, 15) is 13.2 Å². The number of amides is 1. The van der Waals surface area contributed by atoms with Crippen molar-refractivity contribution in [1.29, 1.82) is 0 Å². The molecule has 138 valence electrons. The zero-order valence-electron chi connectivity index (χ0n) is 14.1. The van der Waals surface area contributed by atoms with Crippen LogP contribution in [0.1, 0.15) is 12.5 Å². The summed E-state index contributed by atoms with van der Waals surface area (Å²) in [6.07, 6.45) is 1.49. The maximum atomic E-state index is 13.0. The second-order valence-corrected chi connectivity index (χ2v) is 8.24. The van der Waals surface area contributed by atoms with E-state index in [0.29, 0.717) is 21.3 Å². The first-order valence-corrected chi connectivity index (χ1v) is 9.87. The smallest absolute Gasteiger partial charge is 0.243 e. The molecule has 26 heavy (non-hydrogen) atoms. The maximum absolute atomic E-state index is 13.0. The second kappa shape index (κ2) is 8.68. The lowest BCUT2D eigenvalue weighted by Gasteiger charge is -2.22. The molecule has 1 N–H and O–H groups in total. The molecule has 0 fully saturated rings. The van der Waals surface area contributed by atoms with Crippen molar-refractivity contribution in [3.8, 4) is 0 Å². The van der Waals surface area contributed by atoms with E-state index in [2.05, 4.69) is 11.9 Å². The van der Waals surface area contributed by atoms with Gasteiger partial charge in [-0.25, -0.2) is 8.42 Å². The Bertz CT molecular complexity index is 892. The van der Waals surface area contributed by atoms with Crippen molar-refractivity contribution in [2.24, 2.45) is 0 Å². The van der Waals surface area contributed by atoms with E-state index in [-0.39, 0.29) is 23.9 Å². The van der Waals surface area contributed by atoms with Gasteiger partial charge >= 0.3 is 0 Å². The third kappa shape index (κ3) is 4.86. The highest BCUT2D eigenvalue weighted by Crippen LogP contribution is 2.28. The molecule has 0 aliphatic heterocycles. The fourth-order valence-corrected chi connectivity index (χ4v) is 4.21. The third-order valence-electron chi connectivity index (χ3n) is 3.54. The summed E-state index contributed by atoms with van der Waals surface area (Å²) in [5.74, 6) is -0.234. The molecule has 2 rings (SSSR count). The number of benzene rings is 2. The summed E-state index contributed by atoms with van der Waals surface area (Å²) >= 11 is 12.3. The monoisotopic (exact) mass is 412 g/mol. The number of nitrogens with zero attached hydrogens (tertiary/aromatic N) is 1. The normalized spacial score (nSPS) is 11.4. The Kier molecular flexibility index (Phi) is 6.83. The fourth-order valence-electron chi connectivity index (χ4n) is 2.31. The van der Waals surface area contributed by atoms with E-state index >= 15 is 0 Å². The molecule has 0 radical (unpaired) electrons. The van der Waals surface area contributed by atoms with Crippen molar-refractivity contribution in [2.45, 2.75) is 18.4 Å². The number of rotatable bonds is 7. The zero-order chi connectivity index (χ0) is 19.3. The molecular weight excluding hydrogens is 395 g/mol. The van der Waals surface area contributed by atoms with Gasteiger partial charge in [0, 0.05) is 41.3 Å². The number of hydrogen-bond acceptors (Lipinski definition) is 3. The topological polar surface area (TPSA) is 66.5 Å². The SMILES string of the molecule is C=CCN(Cc1c(Cl)cccc1Cl)S(=O)(=O)c1ccc(NC(C)=O)cc1. The Morgan fingerprint density at radius 3 is 2.23 bits per heavy atom. The summed E-state index contributed by atoms with van der Waals surface area (Å²) in [7, 11) is -3.81. The first kappa shape index (κ1) is 20.5. The number of anilines is 1. The van der Waals surface area contributed by atoms with Gasteiger partial charge in [-0.1, -0.05) is 35.3 Å². The summed E-state index contributed by atoms with van der Waals surface area (Å²) in [5.41, 5.74) is 1.04. The van der Waals surface area contributed by atoms with Crippen molar-refractivity contribution < 1.29 is 13.2 Å². The summed E-state index contributed by atoms with van der Waals surface area (Å²) < 4.78 is 27.2. The van der Waals surface area contributed by atoms with Gasteiger partial charge in [0.05, 0.1) is 4.90 Å². The highest BCUT2D eigenvalue weighted by Gasteiger charge is 2.25. The lowest BCUT2D eigenvalue weighted by atomic mass is 10.2. The molecule has 8 heteroatoms. The first-order chi connectivity index (χ1) is 12.3. The number of carbonyl (C=O) groups excluding carboxylic acids is 1. The molecule has 1 amide bonds. The maximum Gasteiger partial charge on any atom is 0.243 e. The zero-order valence-corrected chi connectivity index (χ0v) is 16.4. The lowest BCUT2D eigenvalue weighted by Crippen LogP contribution is -2.31.